The van der Waals surface area contributed by atoms with Crippen molar-refractivity contribution in [2.24, 2.45) is 4.99 Å². The van der Waals surface area contributed by atoms with Crippen LogP contribution in [-0.2, 0) is 0 Å². The van der Waals surface area contributed by atoms with Crippen LogP contribution < -0.4 is 0 Å². The van der Waals surface area contributed by atoms with Crippen LogP contribution >= 0.6 is 23.4 Å². The second kappa shape index (κ2) is 7.66. The highest BCUT2D eigenvalue weighted by molar-refractivity contribution is 8.13. The number of para-hydroxylation sites is 2. The zero-order valence-corrected chi connectivity index (χ0v) is 16.3. The van der Waals surface area contributed by atoms with Gasteiger partial charge in [0.15, 0.2) is 5.17 Å². The highest BCUT2D eigenvalue weighted by atomic mass is 35.5. The number of aryl methyl sites for hydroxylation is 1. The lowest BCUT2D eigenvalue weighted by molar-refractivity contribution is 0.0843. The number of hydrogen-bond acceptors (Lipinski definition) is 5. The molecule has 1 amide bonds. The number of halogens is 1. The number of carbonyl (C=O) groups is 1. The molecular weight excluding hydrogens is 380 g/mol. The van der Waals surface area contributed by atoms with Gasteiger partial charge in [-0.2, -0.15) is 0 Å². The highest BCUT2D eigenvalue weighted by Gasteiger charge is 2.26. The van der Waals surface area contributed by atoms with E-state index in [9.17, 15) is 4.79 Å². The number of amides is 1. The normalized spacial score (nSPS) is 16.1. The summed E-state index contributed by atoms with van der Waals surface area (Å²) < 4.78 is 0. The molecule has 2 aromatic carbocycles. The zero-order chi connectivity index (χ0) is 18.8. The molecule has 0 bridgehead atoms. The molecular formula is C20H17ClN4OS. The van der Waals surface area contributed by atoms with E-state index in [1.165, 1.54) is 6.20 Å². The summed E-state index contributed by atoms with van der Waals surface area (Å²) in [6.07, 6.45) is 2.44. The van der Waals surface area contributed by atoms with Gasteiger partial charge in [-0.1, -0.05) is 41.6 Å². The first-order valence-corrected chi connectivity index (χ1v) is 9.99. The Balaban J connectivity index is 1.67. The van der Waals surface area contributed by atoms with E-state index in [1.54, 1.807) is 16.7 Å². The fraction of sp³-hybridized carbons (Fsp3) is 0.200. The Morgan fingerprint density at radius 3 is 2.85 bits per heavy atom. The summed E-state index contributed by atoms with van der Waals surface area (Å²) in [4.78, 5) is 28.2. The first-order chi connectivity index (χ1) is 13.1. The molecule has 0 unspecified atom stereocenters. The Morgan fingerprint density at radius 2 is 2.04 bits per heavy atom. The van der Waals surface area contributed by atoms with Gasteiger partial charge in [-0.15, -0.1) is 0 Å². The molecule has 3 aromatic rings. The van der Waals surface area contributed by atoms with Crippen molar-refractivity contribution >= 4 is 51.2 Å². The third-order valence-corrected chi connectivity index (χ3v) is 5.75. The second-order valence-corrected chi connectivity index (χ2v) is 7.70. The van der Waals surface area contributed by atoms with E-state index in [-0.39, 0.29) is 5.91 Å². The number of hydrogen-bond donors (Lipinski definition) is 0. The summed E-state index contributed by atoms with van der Waals surface area (Å²) in [6.45, 7) is 2.56. The number of benzene rings is 2. The van der Waals surface area contributed by atoms with Gasteiger partial charge < -0.3 is 0 Å². The van der Waals surface area contributed by atoms with Crippen LogP contribution in [0.1, 0.15) is 22.5 Å². The smallest absolute Gasteiger partial charge is 0.280 e. The van der Waals surface area contributed by atoms with Crippen molar-refractivity contribution in [2.45, 2.75) is 13.3 Å². The van der Waals surface area contributed by atoms with E-state index in [4.69, 9.17) is 11.6 Å². The third-order valence-electron chi connectivity index (χ3n) is 4.28. The number of nitrogens with zero attached hydrogens (tertiary/aromatic N) is 4. The Bertz CT molecular complexity index is 1050. The molecule has 1 fully saturated rings. The molecule has 0 N–H and O–H groups in total. The predicted molar refractivity (Wildman–Crippen MR) is 111 cm³/mol. The van der Waals surface area contributed by atoms with Crippen molar-refractivity contribution in [1.82, 2.24) is 14.9 Å². The highest BCUT2D eigenvalue weighted by Crippen LogP contribution is 2.27. The van der Waals surface area contributed by atoms with Crippen LogP contribution in [0, 0.1) is 6.92 Å². The van der Waals surface area contributed by atoms with Crippen molar-refractivity contribution in [3.63, 3.8) is 0 Å². The number of thioether (sulfide) groups is 1. The molecule has 0 aliphatic carbocycles. The largest absolute Gasteiger partial charge is 0.286 e. The minimum Gasteiger partial charge on any atom is -0.286 e. The number of aliphatic imine (C=N–C) groups is 1. The summed E-state index contributed by atoms with van der Waals surface area (Å²) in [5.41, 5.74) is 3.53. The van der Waals surface area contributed by atoms with E-state index < -0.39 is 0 Å². The van der Waals surface area contributed by atoms with Crippen molar-refractivity contribution in [3.05, 3.63) is 64.9 Å². The average molecular weight is 397 g/mol. The van der Waals surface area contributed by atoms with Gasteiger partial charge in [0.2, 0.25) is 0 Å². The van der Waals surface area contributed by atoms with Crippen LogP contribution in [0.4, 0.5) is 5.69 Å². The number of aromatic nitrogens is 2. The van der Waals surface area contributed by atoms with Gasteiger partial charge in [0.25, 0.3) is 5.91 Å². The van der Waals surface area contributed by atoms with Crippen molar-refractivity contribution in [3.8, 4) is 0 Å². The second-order valence-electron chi connectivity index (χ2n) is 6.23. The average Bonchev–Trinajstić information content (AvgIpc) is 2.70. The summed E-state index contributed by atoms with van der Waals surface area (Å²) in [7, 11) is 0. The van der Waals surface area contributed by atoms with Gasteiger partial charge in [-0.3, -0.25) is 14.7 Å². The molecule has 5 nitrogen and oxygen atoms in total. The molecule has 0 spiro atoms. The SMILES string of the molecule is Cc1ccc(N=C2SCCCN2C(=O)c2cnc3ccccc3n2)cc1Cl. The van der Waals surface area contributed by atoms with Crippen LogP contribution in [0.15, 0.2) is 53.7 Å². The quantitative estimate of drug-likeness (QED) is 0.620. The molecule has 0 saturated carbocycles. The van der Waals surface area contributed by atoms with Crippen molar-refractivity contribution in [1.29, 1.82) is 0 Å². The topological polar surface area (TPSA) is 58.5 Å². The fourth-order valence-corrected chi connectivity index (χ4v) is 3.93. The van der Waals surface area contributed by atoms with Gasteiger partial charge >= 0.3 is 0 Å². The van der Waals surface area contributed by atoms with Gasteiger partial charge in [0, 0.05) is 17.3 Å². The number of fused-ring (bicyclic) bond motifs is 1. The van der Waals surface area contributed by atoms with E-state index in [0.717, 1.165) is 28.9 Å². The summed E-state index contributed by atoms with van der Waals surface area (Å²) >= 11 is 7.77. The lowest BCUT2D eigenvalue weighted by Gasteiger charge is -2.27. The molecule has 0 atom stereocenters. The molecule has 1 aliphatic rings. The number of carbonyl (C=O) groups excluding carboxylic acids is 1. The number of amidine groups is 1. The van der Waals surface area contributed by atoms with E-state index in [0.29, 0.717) is 27.9 Å². The predicted octanol–water partition coefficient (Wildman–Crippen LogP) is 4.86. The monoisotopic (exact) mass is 396 g/mol. The van der Waals surface area contributed by atoms with Crippen molar-refractivity contribution in [2.75, 3.05) is 12.3 Å². The summed E-state index contributed by atoms with van der Waals surface area (Å²) in [6, 6.07) is 13.2. The summed E-state index contributed by atoms with van der Waals surface area (Å²) in [5.74, 6) is 0.739. The van der Waals surface area contributed by atoms with Crippen LogP contribution in [0.25, 0.3) is 11.0 Å². The number of rotatable bonds is 2. The third kappa shape index (κ3) is 3.82. The molecule has 1 aromatic heterocycles. The molecule has 4 rings (SSSR count). The summed E-state index contributed by atoms with van der Waals surface area (Å²) in [5, 5.41) is 1.33. The minimum atomic E-state index is -0.183. The lowest BCUT2D eigenvalue weighted by atomic mass is 10.2. The van der Waals surface area contributed by atoms with Crippen LogP contribution in [0.3, 0.4) is 0 Å². The molecule has 27 heavy (non-hydrogen) atoms. The lowest BCUT2D eigenvalue weighted by Crippen LogP contribution is -2.39. The van der Waals surface area contributed by atoms with E-state index >= 15 is 0 Å². The van der Waals surface area contributed by atoms with Crippen LogP contribution in [0.2, 0.25) is 5.02 Å². The van der Waals surface area contributed by atoms with Crippen LogP contribution in [0.5, 0.6) is 0 Å². The van der Waals surface area contributed by atoms with Gasteiger partial charge in [-0.25, -0.2) is 9.98 Å². The standard InChI is InChI=1S/C20H17ClN4OS/c1-13-7-8-14(11-15(13)21)23-20-25(9-4-10-27-20)19(26)18-12-22-16-5-2-3-6-17(16)24-18/h2-3,5-8,11-12H,4,9-10H2,1H3. The van der Waals surface area contributed by atoms with Crippen molar-refractivity contribution < 1.29 is 4.79 Å². The Kier molecular flexibility index (Phi) is 5.09. The maximum absolute atomic E-state index is 13.1. The maximum atomic E-state index is 13.1. The molecule has 2 heterocycles. The van der Waals surface area contributed by atoms with E-state index in [1.807, 2.05) is 49.4 Å². The zero-order valence-electron chi connectivity index (χ0n) is 14.7. The molecule has 1 saturated heterocycles. The Labute approximate surface area is 166 Å². The van der Waals surface area contributed by atoms with E-state index in [2.05, 4.69) is 15.0 Å². The molecule has 0 radical (unpaired) electrons. The Hall–Kier alpha value is -2.44. The van der Waals surface area contributed by atoms with Crippen LogP contribution in [-0.4, -0.2) is 38.2 Å². The first kappa shape index (κ1) is 17.9. The van der Waals surface area contributed by atoms with Gasteiger partial charge in [0.05, 0.1) is 22.9 Å². The fourth-order valence-electron chi connectivity index (χ4n) is 2.80. The molecule has 7 heteroatoms. The van der Waals surface area contributed by atoms with Gasteiger partial charge in [-0.05, 0) is 43.2 Å². The Morgan fingerprint density at radius 1 is 1.22 bits per heavy atom. The maximum Gasteiger partial charge on any atom is 0.280 e. The molecule has 1 aliphatic heterocycles. The molecule has 136 valence electrons. The first-order valence-electron chi connectivity index (χ1n) is 8.63. The minimum absolute atomic E-state index is 0.183. The van der Waals surface area contributed by atoms with Gasteiger partial charge in [0.1, 0.15) is 5.69 Å².